The van der Waals surface area contributed by atoms with Gasteiger partial charge in [-0.1, -0.05) is 36.4 Å². The van der Waals surface area contributed by atoms with Gasteiger partial charge in [0.2, 0.25) is 0 Å². The molecule has 1 fully saturated rings. The molecule has 25 heavy (non-hydrogen) atoms. The molecule has 0 spiro atoms. The van der Waals surface area contributed by atoms with Gasteiger partial charge < -0.3 is 15.5 Å². The Morgan fingerprint density at radius 2 is 1.60 bits per heavy atom. The Labute approximate surface area is 148 Å². The molecule has 4 nitrogen and oxygen atoms in total. The first-order valence-corrected chi connectivity index (χ1v) is 8.85. The van der Waals surface area contributed by atoms with Gasteiger partial charge in [-0.15, -0.1) is 0 Å². The van der Waals surface area contributed by atoms with E-state index in [1.165, 1.54) is 30.5 Å². The lowest BCUT2D eigenvalue weighted by Gasteiger charge is -2.31. The molecular formula is C21H23N3O. The predicted octanol–water partition coefficient (Wildman–Crippen LogP) is 3.73. The van der Waals surface area contributed by atoms with Crippen LogP contribution in [0.2, 0.25) is 0 Å². The van der Waals surface area contributed by atoms with E-state index in [0.717, 1.165) is 41.3 Å². The largest absolute Gasteiger partial charge is 0.497 e. The molecule has 2 N–H and O–H groups in total. The van der Waals surface area contributed by atoms with Crippen LogP contribution < -0.4 is 10.6 Å². The number of hydrazone groups is 1. The zero-order valence-corrected chi connectivity index (χ0v) is 14.5. The van der Waals surface area contributed by atoms with Crippen LogP contribution in [0, 0.1) is 0 Å². The van der Waals surface area contributed by atoms with Crippen molar-refractivity contribution in [1.82, 2.24) is 4.90 Å². The molecule has 0 unspecified atom stereocenters. The number of hydrogen-bond donors (Lipinski definition) is 1. The van der Waals surface area contributed by atoms with Gasteiger partial charge in [-0.2, -0.15) is 5.10 Å². The van der Waals surface area contributed by atoms with E-state index < -0.39 is 0 Å². The van der Waals surface area contributed by atoms with Crippen molar-refractivity contribution in [3.8, 4) is 5.75 Å². The average molecular weight is 333 g/mol. The molecule has 1 heterocycles. The molecule has 0 amide bonds. The molecule has 0 aromatic heterocycles. The van der Waals surface area contributed by atoms with Gasteiger partial charge in [0.15, 0.2) is 0 Å². The topological polar surface area (TPSA) is 50.8 Å². The maximum absolute atomic E-state index is 5.83. The second-order valence-electron chi connectivity index (χ2n) is 6.52. The number of hydrogen-bond acceptors (Lipinski definition) is 4. The Balaban J connectivity index is 1.90. The number of piperidine rings is 1. The van der Waals surface area contributed by atoms with Crippen LogP contribution in [-0.2, 0) is 0 Å². The van der Waals surface area contributed by atoms with Crippen LogP contribution in [0.3, 0.4) is 0 Å². The first kappa shape index (κ1) is 15.8. The van der Waals surface area contributed by atoms with Gasteiger partial charge in [0.1, 0.15) is 11.5 Å². The monoisotopic (exact) mass is 333 g/mol. The first-order valence-electron chi connectivity index (χ1n) is 8.85. The standard InChI is InChI=1S/C21H23N3O/c1-25-16-11-9-15(10-12-16)19-20(23-22)17-7-3-4-8-18(17)21(19)24-13-5-2-6-14-24/h3-4,7-12H,2,5-6,13-14,22H2,1H3. The molecule has 0 atom stereocenters. The fourth-order valence-electron chi connectivity index (χ4n) is 3.89. The van der Waals surface area contributed by atoms with Crippen LogP contribution >= 0.6 is 0 Å². The van der Waals surface area contributed by atoms with Gasteiger partial charge in [0.25, 0.3) is 0 Å². The molecule has 1 aliphatic carbocycles. The van der Waals surface area contributed by atoms with Crippen LogP contribution in [0.5, 0.6) is 5.75 Å². The maximum Gasteiger partial charge on any atom is 0.118 e. The summed E-state index contributed by atoms with van der Waals surface area (Å²) >= 11 is 0. The predicted molar refractivity (Wildman–Crippen MR) is 102 cm³/mol. The van der Waals surface area contributed by atoms with Crippen molar-refractivity contribution in [3.63, 3.8) is 0 Å². The molecule has 1 saturated heterocycles. The second-order valence-corrected chi connectivity index (χ2v) is 6.52. The number of methoxy groups -OCH3 is 1. The van der Waals surface area contributed by atoms with Crippen molar-refractivity contribution >= 4 is 17.0 Å². The SMILES string of the molecule is COc1ccc(C2=C(N3CCCCC3)c3ccccc3C2=NN)cc1. The zero-order chi connectivity index (χ0) is 17.2. The second kappa shape index (κ2) is 6.63. The van der Waals surface area contributed by atoms with Gasteiger partial charge in [-0.3, -0.25) is 0 Å². The summed E-state index contributed by atoms with van der Waals surface area (Å²) in [6.07, 6.45) is 3.77. The van der Waals surface area contributed by atoms with E-state index in [9.17, 15) is 0 Å². The zero-order valence-electron chi connectivity index (χ0n) is 14.5. The summed E-state index contributed by atoms with van der Waals surface area (Å²) in [6, 6.07) is 16.6. The van der Waals surface area contributed by atoms with E-state index in [-0.39, 0.29) is 0 Å². The number of likely N-dealkylation sites (tertiary alicyclic amines) is 1. The molecule has 4 heteroatoms. The minimum Gasteiger partial charge on any atom is -0.497 e. The molecule has 4 rings (SSSR count). The normalized spacial score (nSPS) is 18.6. The summed E-state index contributed by atoms with van der Waals surface area (Å²) in [4.78, 5) is 2.50. The summed E-state index contributed by atoms with van der Waals surface area (Å²) in [5, 5.41) is 4.18. The highest BCUT2D eigenvalue weighted by atomic mass is 16.5. The number of rotatable bonds is 3. The Bertz CT molecular complexity index is 830. The molecule has 2 aliphatic rings. The van der Waals surface area contributed by atoms with Gasteiger partial charge in [0, 0.05) is 29.8 Å². The molecule has 0 radical (unpaired) electrons. The average Bonchev–Trinajstić information content (AvgIpc) is 3.03. The Kier molecular flexibility index (Phi) is 4.18. The highest BCUT2D eigenvalue weighted by Gasteiger charge is 2.32. The van der Waals surface area contributed by atoms with Crippen LogP contribution in [0.25, 0.3) is 11.3 Å². The first-order chi connectivity index (χ1) is 12.3. The van der Waals surface area contributed by atoms with Crippen molar-refractivity contribution in [2.45, 2.75) is 19.3 Å². The molecule has 2 aromatic carbocycles. The van der Waals surface area contributed by atoms with E-state index in [4.69, 9.17) is 10.6 Å². The Morgan fingerprint density at radius 1 is 0.920 bits per heavy atom. The molecule has 1 aliphatic heterocycles. The summed E-state index contributed by atoms with van der Waals surface area (Å²) in [7, 11) is 1.69. The number of nitrogens with zero attached hydrogens (tertiary/aromatic N) is 2. The quantitative estimate of drug-likeness (QED) is 0.688. The van der Waals surface area contributed by atoms with Gasteiger partial charge in [-0.25, -0.2) is 0 Å². The van der Waals surface area contributed by atoms with Gasteiger partial charge in [-0.05, 0) is 37.0 Å². The van der Waals surface area contributed by atoms with Crippen LogP contribution in [0.15, 0.2) is 53.6 Å². The third kappa shape index (κ3) is 2.68. The Hall–Kier alpha value is -2.75. The minimum absolute atomic E-state index is 0.852. The lowest BCUT2D eigenvalue weighted by Crippen LogP contribution is -2.28. The summed E-state index contributed by atoms with van der Waals surface area (Å²) in [5.41, 5.74) is 6.76. The van der Waals surface area contributed by atoms with Crippen LogP contribution in [0.1, 0.15) is 36.0 Å². The van der Waals surface area contributed by atoms with Crippen molar-refractivity contribution in [2.75, 3.05) is 20.2 Å². The molecule has 0 saturated carbocycles. The molecular weight excluding hydrogens is 310 g/mol. The van der Waals surface area contributed by atoms with Crippen molar-refractivity contribution in [3.05, 3.63) is 65.2 Å². The molecule has 128 valence electrons. The lowest BCUT2D eigenvalue weighted by atomic mass is 10.00. The smallest absolute Gasteiger partial charge is 0.118 e. The fourth-order valence-corrected chi connectivity index (χ4v) is 3.89. The van der Waals surface area contributed by atoms with Gasteiger partial charge in [0.05, 0.1) is 12.8 Å². The number of nitrogens with two attached hydrogens (primary N) is 1. The van der Waals surface area contributed by atoms with Crippen molar-refractivity contribution in [2.24, 2.45) is 10.9 Å². The third-order valence-electron chi connectivity index (χ3n) is 5.09. The highest BCUT2D eigenvalue weighted by Crippen LogP contribution is 2.41. The minimum atomic E-state index is 0.852. The van der Waals surface area contributed by atoms with Crippen molar-refractivity contribution in [1.29, 1.82) is 0 Å². The van der Waals surface area contributed by atoms with Gasteiger partial charge >= 0.3 is 0 Å². The van der Waals surface area contributed by atoms with E-state index in [0.29, 0.717) is 0 Å². The van der Waals surface area contributed by atoms with E-state index >= 15 is 0 Å². The van der Waals surface area contributed by atoms with E-state index in [2.05, 4.69) is 46.4 Å². The number of fused-ring (bicyclic) bond motifs is 1. The Morgan fingerprint density at radius 3 is 2.24 bits per heavy atom. The van der Waals surface area contributed by atoms with E-state index in [1.807, 2.05) is 12.1 Å². The lowest BCUT2D eigenvalue weighted by molar-refractivity contribution is 0.327. The summed E-state index contributed by atoms with van der Waals surface area (Å²) < 4.78 is 5.31. The maximum atomic E-state index is 5.83. The number of allylic oxidation sites excluding steroid dienone is 1. The number of benzene rings is 2. The van der Waals surface area contributed by atoms with Crippen LogP contribution in [-0.4, -0.2) is 30.8 Å². The summed E-state index contributed by atoms with van der Waals surface area (Å²) in [6.45, 7) is 2.17. The van der Waals surface area contributed by atoms with Crippen molar-refractivity contribution < 1.29 is 4.74 Å². The number of ether oxygens (including phenoxy) is 1. The molecule has 0 bridgehead atoms. The van der Waals surface area contributed by atoms with E-state index in [1.54, 1.807) is 7.11 Å². The highest BCUT2D eigenvalue weighted by molar-refractivity contribution is 6.41. The van der Waals surface area contributed by atoms with Crippen LogP contribution in [0.4, 0.5) is 0 Å². The third-order valence-corrected chi connectivity index (χ3v) is 5.09. The fraction of sp³-hybridized carbons (Fsp3) is 0.286. The molecule has 2 aromatic rings. The summed E-state index contributed by atoms with van der Waals surface area (Å²) in [5.74, 6) is 6.69.